The average molecular weight is 390 g/mol. The third-order valence-corrected chi connectivity index (χ3v) is 4.44. The van der Waals surface area contributed by atoms with E-state index < -0.39 is 0 Å². The number of rotatable bonds is 8. The van der Waals surface area contributed by atoms with Crippen LogP contribution in [0.3, 0.4) is 0 Å². The minimum atomic E-state index is -0.115. The Labute approximate surface area is 169 Å². The number of benzene rings is 2. The quantitative estimate of drug-likeness (QED) is 0.350. The van der Waals surface area contributed by atoms with Crippen molar-refractivity contribution in [3.63, 3.8) is 0 Å². The lowest BCUT2D eigenvalue weighted by Crippen LogP contribution is -2.43. The second-order valence-corrected chi connectivity index (χ2v) is 6.68. The van der Waals surface area contributed by atoms with E-state index in [-0.39, 0.29) is 11.9 Å². The smallest absolute Gasteiger partial charge is 0.382 e. The monoisotopic (exact) mass is 390 g/mol. The Hall–Kier alpha value is -3.57. The number of hydrogen-bond acceptors (Lipinski definition) is 4. The van der Waals surface area contributed by atoms with Crippen molar-refractivity contribution in [3.05, 3.63) is 71.1 Å². The van der Waals surface area contributed by atoms with E-state index in [2.05, 4.69) is 20.4 Å². The second-order valence-electron chi connectivity index (χ2n) is 6.68. The summed E-state index contributed by atoms with van der Waals surface area (Å²) in [6.45, 7) is 10.5. The Morgan fingerprint density at radius 1 is 1.14 bits per heavy atom. The Morgan fingerprint density at radius 2 is 1.86 bits per heavy atom. The predicted octanol–water partition coefficient (Wildman–Crippen LogP) is 2.26. The van der Waals surface area contributed by atoms with Gasteiger partial charge in [-0.05, 0) is 62.7 Å². The van der Waals surface area contributed by atoms with Crippen molar-refractivity contribution in [2.45, 2.75) is 26.2 Å². The molecular weight excluding hydrogens is 366 g/mol. The van der Waals surface area contributed by atoms with Crippen molar-refractivity contribution in [3.8, 4) is 11.4 Å². The van der Waals surface area contributed by atoms with Gasteiger partial charge >= 0.3 is 5.95 Å². The van der Waals surface area contributed by atoms with E-state index in [1.807, 2.05) is 31.2 Å². The molecule has 8 nitrogen and oxygen atoms in total. The number of carbonyl (C=O) groups is 1. The van der Waals surface area contributed by atoms with Crippen LogP contribution in [0.1, 0.15) is 35.2 Å². The molecule has 0 atom stereocenters. The average Bonchev–Trinajstić information content (AvgIpc) is 3.18. The molecule has 0 bridgehead atoms. The molecule has 1 heterocycles. The van der Waals surface area contributed by atoms with Crippen molar-refractivity contribution in [2.24, 2.45) is 5.73 Å². The number of nitrogens with zero attached hydrogens (tertiary/aromatic N) is 5. The summed E-state index contributed by atoms with van der Waals surface area (Å²) in [6, 6.07) is 14.8. The van der Waals surface area contributed by atoms with E-state index >= 15 is 0 Å². The highest BCUT2D eigenvalue weighted by molar-refractivity contribution is 5.94. The van der Waals surface area contributed by atoms with Crippen molar-refractivity contribution in [2.75, 3.05) is 13.1 Å². The van der Waals surface area contributed by atoms with Crippen LogP contribution in [0, 0.1) is 13.5 Å². The highest BCUT2D eigenvalue weighted by atomic mass is 16.1. The molecule has 2 aromatic carbocycles. The van der Waals surface area contributed by atoms with Crippen LogP contribution in [0.4, 0.5) is 5.95 Å². The largest absolute Gasteiger partial charge is 0.475 e. The maximum absolute atomic E-state index is 12.3. The number of carbonyl (C=O) groups excluding carboxylic acids is 1. The van der Waals surface area contributed by atoms with Crippen molar-refractivity contribution in [1.82, 2.24) is 20.3 Å². The van der Waals surface area contributed by atoms with Gasteiger partial charge in [-0.15, -0.1) is 6.57 Å². The van der Waals surface area contributed by atoms with Crippen LogP contribution in [0.25, 0.3) is 16.2 Å². The molecule has 0 aliphatic heterocycles. The van der Waals surface area contributed by atoms with E-state index in [1.165, 1.54) is 0 Å². The fraction of sp³-hybridized carbons (Fsp3) is 0.286. The summed E-state index contributed by atoms with van der Waals surface area (Å²) in [5.41, 5.74) is 8.66. The number of amides is 1. The van der Waals surface area contributed by atoms with Crippen molar-refractivity contribution >= 4 is 11.9 Å². The Bertz CT molecular complexity index is 1000. The SMILES string of the molecule is [C-]#[N+]c1nn(-c2ccc(C(=O)NCCCCCN)cc2)[n+](-c2ccc(C)cc2)n1. The number of tetrazole rings is 1. The van der Waals surface area contributed by atoms with Gasteiger partial charge in [-0.1, -0.05) is 24.1 Å². The van der Waals surface area contributed by atoms with E-state index in [9.17, 15) is 4.79 Å². The highest BCUT2D eigenvalue weighted by Crippen LogP contribution is 2.11. The summed E-state index contributed by atoms with van der Waals surface area (Å²) >= 11 is 0. The number of nitrogens with two attached hydrogens (primary N) is 1. The molecule has 0 spiro atoms. The van der Waals surface area contributed by atoms with Gasteiger partial charge in [0.1, 0.15) is 5.69 Å². The normalized spacial score (nSPS) is 10.5. The summed E-state index contributed by atoms with van der Waals surface area (Å²) < 4.78 is 0. The van der Waals surface area contributed by atoms with Crippen LogP contribution in [0.15, 0.2) is 48.5 Å². The van der Waals surface area contributed by atoms with E-state index in [1.54, 1.807) is 33.9 Å². The maximum atomic E-state index is 12.3. The number of aromatic nitrogens is 4. The van der Waals surface area contributed by atoms with Gasteiger partial charge in [-0.2, -0.15) is 0 Å². The summed E-state index contributed by atoms with van der Waals surface area (Å²) in [4.78, 5) is 18.7. The third-order valence-electron chi connectivity index (χ3n) is 4.44. The first-order chi connectivity index (χ1) is 14.1. The van der Waals surface area contributed by atoms with Gasteiger partial charge in [-0.25, -0.2) is 0 Å². The molecule has 3 rings (SSSR count). The summed E-state index contributed by atoms with van der Waals surface area (Å²) in [7, 11) is 0. The second kappa shape index (κ2) is 9.57. The molecule has 1 amide bonds. The third kappa shape index (κ3) is 5.03. The van der Waals surface area contributed by atoms with Gasteiger partial charge in [0, 0.05) is 21.7 Å². The minimum absolute atomic E-state index is 0.0462. The van der Waals surface area contributed by atoms with E-state index in [0.29, 0.717) is 24.3 Å². The van der Waals surface area contributed by atoms with Gasteiger partial charge in [0.05, 0.1) is 10.2 Å². The van der Waals surface area contributed by atoms with Crippen LogP contribution in [0.2, 0.25) is 0 Å². The molecule has 148 valence electrons. The zero-order valence-corrected chi connectivity index (χ0v) is 16.4. The number of aryl methyl sites for hydroxylation is 1. The summed E-state index contributed by atoms with van der Waals surface area (Å²) in [5, 5.41) is 11.4. The van der Waals surface area contributed by atoms with Crippen LogP contribution >= 0.6 is 0 Å². The molecule has 29 heavy (non-hydrogen) atoms. The van der Waals surface area contributed by atoms with Crippen LogP contribution in [-0.4, -0.2) is 34.0 Å². The minimum Gasteiger partial charge on any atom is -0.382 e. The molecule has 1 aromatic heterocycles. The number of unbranched alkanes of at least 4 members (excludes halogenated alkanes) is 2. The number of nitrogens with one attached hydrogen (secondary N) is 1. The lowest BCUT2D eigenvalue weighted by molar-refractivity contribution is -0.734. The van der Waals surface area contributed by atoms with Gasteiger partial charge < -0.3 is 15.9 Å². The summed E-state index contributed by atoms with van der Waals surface area (Å²) in [6.07, 6.45) is 2.89. The molecule has 0 fully saturated rings. The standard InChI is InChI=1S/C21H23N7O/c1-16-6-10-18(11-7-16)27-25-21(23-2)26-28(27)19-12-8-17(9-13-19)20(29)24-15-5-3-4-14-22/h6-13H,3-5,14-15,22H2,1H3/p+1. The first-order valence-electron chi connectivity index (χ1n) is 9.55. The number of hydrogen-bond donors (Lipinski definition) is 2. The zero-order chi connectivity index (χ0) is 20.6. The molecule has 3 aromatic rings. The van der Waals surface area contributed by atoms with Crippen molar-refractivity contribution < 1.29 is 9.59 Å². The lowest BCUT2D eigenvalue weighted by Gasteiger charge is -2.05. The van der Waals surface area contributed by atoms with Crippen LogP contribution in [0.5, 0.6) is 0 Å². The lowest BCUT2D eigenvalue weighted by atomic mass is 10.2. The van der Waals surface area contributed by atoms with Crippen molar-refractivity contribution in [1.29, 1.82) is 0 Å². The highest BCUT2D eigenvalue weighted by Gasteiger charge is 2.22. The molecule has 3 N–H and O–H groups in total. The first kappa shape index (κ1) is 20.2. The maximum Gasteiger partial charge on any atom is 0.475 e. The predicted molar refractivity (Wildman–Crippen MR) is 109 cm³/mol. The molecule has 0 radical (unpaired) electrons. The molecular formula is C21H24N7O+. The van der Waals surface area contributed by atoms with Crippen LogP contribution < -0.4 is 15.8 Å². The van der Waals surface area contributed by atoms with Gasteiger partial charge in [-0.3, -0.25) is 4.79 Å². The van der Waals surface area contributed by atoms with Crippen LogP contribution in [-0.2, 0) is 0 Å². The Balaban J connectivity index is 1.78. The topological polar surface area (TPSA) is 94.1 Å². The van der Waals surface area contributed by atoms with Gasteiger partial charge in [0.15, 0.2) is 5.69 Å². The first-order valence-corrected chi connectivity index (χ1v) is 9.55. The Morgan fingerprint density at radius 3 is 2.52 bits per heavy atom. The summed E-state index contributed by atoms with van der Waals surface area (Å²) in [5.74, 6) is -0.0685. The molecule has 0 unspecified atom stereocenters. The molecule has 0 saturated heterocycles. The Kier molecular flexibility index (Phi) is 6.66. The van der Waals surface area contributed by atoms with E-state index in [0.717, 1.165) is 30.5 Å². The van der Waals surface area contributed by atoms with Gasteiger partial charge in [0.2, 0.25) is 0 Å². The molecule has 0 saturated carbocycles. The van der Waals surface area contributed by atoms with E-state index in [4.69, 9.17) is 12.3 Å². The van der Waals surface area contributed by atoms with Gasteiger partial charge in [0.25, 0.3) is 5.91 Å². The fourth-order valence-electron chi connectivity index (χ4n) is 2.83. The molecule has 8 heteroatoms. The molecule has 0 aliphatic rings. The zero-order valence-electron chi connectivity index (χ0n) is 16.4. The fourth-order valence-corrected chi connectivity index (χ4v) is 2.83. The molecule has 0 aliphatic carbocycles.